The lowest BCUT2D eigenvalue weighted by molar-refractivity contribution is -0.304. The van der Waals surface area contributed by atoms with Crippen molar-refractivity contribution in [2.75, 3.05) is 6.61 Å². The van der Waals surface area contributed by atoms with Crippen molar-refractivity contribution >= 4 is 7.82 Å². The summed E-state index contributed by atoms with van der Waals surface area (Å²) >= 11 is 0. The molecule has 0 unspecified atom stereocenters. The number of hydrogen-bond donors (Lipinski definition) is 7. The molecule has 1 aromatic rings. The Hall–Kier alpha value is -1.18. The lowest BCUT2D eigenvalue weighted by Crippen LogP contribution is -2.59. The minimum absolute atomic E-state index is 0.0768. The van der Waals surface area contributed by atoms with Gasteiger partial charge in [0.2, 0.25) is 0 Å². The summed E-state index contributed by atoms with van der Waals surface area (Å²) in [5.41, 5.74) is 0.404. The minimum Gasteiger partial charge on any atom is -0.506 e. The first-order valence-electron chi connectivity index (χ1n) is 7.83. The third kappa shape index (κ3) is 5.42. The number of aromatic hydroxyl groups is 1. The lowest BCUT2D eigenvalue weighted by Gasteiger charge is -2.39. The maximum absolute atomic E-state index is 10.9. The van der Waals surface area contributed by atoms with E-state index in [1.54, 1.807) is 0 Å². The highest BCUT2D eigenvalue weighted by atomic mass is 31.2. The first-order valence-corrected chi connectivity index (χ1v) is 9.36. The maximum Gasteiger partial charge on any atom is 0.469 e. The van der Waals surface area contributed by atoms with E-state index in [2.05, 4.69) is 9.51 Å². The number of rotatable bonds is 7. The highest BCUT2D eigenvalue weighted by Crippen LogP contribution is 2.38. The summed E-state index contributed by atoms with van der Waals surface area (Å²) in [7, 11) is -4.76. The number of ether oxygens (including phenoxy) is 2. The van der Waals surface area contributed by atoms with Crippen LogP contribution in [0.15, 0.2) is 6.20 Å². The number of aliphatic hydroxyl groups excluding tert-OH is 4. The second kappa shape index (κ2) is 8.88. The number of phosphoric acid groups is 1. The molecule has 0 aliphatic carbocycles. The Balaban J connectivity index is 2.16. The van der Waals surface area contributed by atoms with Crippen LogP contribution in [0, 0.1) is 6.92 Å². The van der Waals surface area contributed by atoms with Gasteiger partial charge in [0.05, 0.1) is 25.5 Å². The first kappa shape index (κ1) is 22.1. The Morgan fingerprint density at radius 3 is 2.44 bits per heavy atom. The zero-order valence-corrected chi connectivity index (χ0v) is 15.1. The Morgan fingerprint density at radius 2 is 1.85 bits per heavy atom. The van der Waals surface area contributed by atoms with Crippen LogP contribution in [0.5, 0.6) is 5.75 Å². The molecular weight excluding hydrogens is 389 g/mol. The fraction of sp³-hybridized carbons (Fsp3) is 0.643. The average molecular weight is 411 g/mol. The first-order chi connectivity index (χ1) is 12.5. The topological polar surface area (TPSA) is 199 Å². The molecule has 5 atom stereocenters. The summed E-state index contributed by atoms with van der Waals surface area (Å²) in [6, 6.07) is 0. The van der Waals surface area contributed by atoms with Gasteiger partial charge in [-0.2, -0.15) is 0 Å². The zero-order chi connectivity index (χ0) is 20.4. The predicted octanol–water partition coefficient (Wildman–Crippen LogP) is -1.98. The number of hydrogen-bond acceptors (Lipinski definition) is 10. The third-order valence-corrected chi connectivity index (χ3v) is 4.52. The fourth-order valence-corrected chi connectivity index (χ4v) is 2.80. The molecule has 154 valence electrons. The molecule has 1 aliphatic rings. The molecule has 0 bridgehead atoms. The van der Waals surface area contributed by atoms with Crippen molar-refractivity contribution in [3.8, 4) is 5.75 Å². The van der Waals surface area contributed by atoms with Crippen molar-refractivity contribution in [2.45, 2.75) is 50.8 Å². The molecule has 0 saturated carbocycles. The van der Waals surface area contributed by atoms with Crippen LogP contribution < -0.4 is 0 Å². The fourth-order valence-electron chi connectivity index (χ4n) is 2.49. The third-order valence-electron chi connectivity index (χ3n) is 4.06. The standard InChI is InChI=1S/C14H22NO11P/c1-6-10(17)8(7(2-15-6)4-25-27(21,22)23)5-24-14-13(20)12(19)11(18)9(3-16)26-14/h2,9,11-14,16-20H,3-5H2,1H3,(H2,21,22,23)/t9-,11-,12+,13-,14+/m1/s1. The van der Waals surface area contributed by atoms with Crippen LogP contribution >= 0.6 is 7.82 Å². The number of nitrogens with zero attached hydrogens (tertiary/aromatic N) is 1. The molecule has 0 aromatic carbocycles. The summed E-state index contributed by atoms with van der Waals surface area (Å²) in [6.07, 6.45) is -6.19. The van der Waals surface area contributed by atoms with E-state index in [1.165, 1.54) is 13.1 Å². The Morgan fingerprint density at radius 1 is 1.19 bits per heavy atom. The normalized spacial score (nSPS) is 29.1. The van der Waals surface area contributed by atoms with Crippen molar-refractivity contribution in [1.29, 1.82) is 0 Å². The van der Waals surface area contributed by atoms with Gasteiger partial charge < -0.3 is 44.8 Å². The average Bonchev–Trinajstić information content (AvgIpc) is 2.60. The Bertz CT molecular complexity index is 694. The molecule has 0 amide bonds. The van der Waals surface area contributed by atoms with E-state index in [4.69, 9.17) is 24.4 Å². The largest absolute Gasteiger partial charge is 0.506 e. The molecular formula is C14H22NO11P. The molecule has 1 aromatic heterocycles. The number of aliphatic hydroxyl groups is 4. The van der Waals surface area contributed by atoms with Crippen LogP contribution in [-0.4, -0.2) is 77.6 Å². The van der Waals surface area contributed by atoms with Crippen LogP contribution in [0.4, 0.5) is 0 Å². The summed E-state index contributed by atoms with van der Waals surface area (Å²) in [4.78, 5) is 21.5. The zero-order valence-electron chi connectivity index (χ0n) is 14.2. The van der Waals surface area contributed by atoms with Gasteiger partial charge in [0, 0.05) is 17.3 Å². The molecule has 2 rings (SSSR count). The second-order valence-corrected chi connectivity index (χ2v) is 7.21. The van der Waals surface area contributed by atoms with E-state index in [1.807, 2.05) is 0 Å². The summed E-state index contributed by atoms with van der Waals surface area (Å²) < 4.78 is 25.8. The van der Waals surface area contributed by atoms with Crippen LogP contribution in [0.25, 0.3) is 0 Å². The molecule has 1 saturated heterocycles. The number of aromatic nitrogens is 1. The smallest absolute Gasteiger partial charge is 0.469 e. The van der Waals surface area contributed by atoms with Gasteiger partial charge >= 0.3 is 7.82 Å². The van der Waals surface area contributed by atoms with Crippen molar-refractivity contribution in [3.63, 3.8) is 0 Å². The van der Waals surface area contributed by atoms with Gasteiger partial charge in [-0.25, -0.2) is 4.57 Å². The maximum atomic E-state index is 10.9. The van der Waals surface area contributed by atoms with E-state index in [-0.39, 0.29) is 22.6 Å². The Kier molecular flexibility index (Phi) is 7.27. The number of pyridine rings is 1. The van der Waals surface area contributed by atoms with Gasteiger partial charge in [0.25, 0.3) is 0 Å². The van der Waals surface area contributed by atoms with E-state index in [9.17, 15) is 25.0 Å². The Labute approximate surface area is 153 Å². The second-order valence-electron chi connectivity index (χ2n) is 5.97. The van der Waals surface area contributed by atoms with Crippen molar-refractivity contribution in [1.82, 2.24) is 4.98 Å². The van der Waals surface area contributed by atoms with Gasteiger partial charge in [-0.1, -0.05) is 0 Å². The van der Waals surface area contributed by atoms with Crippen molar-refractivity contribution in [3.05, 3.63) is 23.0 Å². The van der Waals surface area contributed by atoms with Gasteiger partial charge in [0.1, 0.15) is 30.2 Å². The van der Waals surface area contributed by atoms with Crippen LogP contribution in [0.3, 0.4) is 0 Å². The molecule has 0 radical (unpaired) electrons. The molecule has 1 aliphatic heterocycles. The monoisotopic (exact) mass is 411 g/mol. The van der Waals surface area contributed by atoms with Crippen LogP contribution in [0.2, 0.25) is 0 Å². The van der Waals surface area contributed by atoms with Gasteiger partial charge in [0.15, 0.2) is 6.29 Å². The molecule has 27 heavy (non-hydrogen) atoms. The highest BCUT2D eigenvalue weighted by molar-refractivity contribution is 7.46. The lowest BCUT2D eigenvalue weighted by atomic mass is 9.99. The van der Waals surface area contributed by atoms with E-state index in [0.29, 0.717) is 0 Å². The van der Waals surface area contributed by atoms with E-state index < -0.39 is 58.3 Å². The van der Waals surface area contributed by atoms with E-state index >= 15 is 0 Å². The summed E-state index contributed by atoms with van der Waals surface area (Å²) in [5, 5.41) is 48.8. The van der Waals surface area contributed by atoms with Crippen LogP contribution in [-0.2, 0) is 31.8 Å². The molecule has 12 nitrogen and oxygen atoms in total. The number of phosphoric ester groups is 1. The van der Waals surface area contributed by atoms with Gasteiger partial charge in [-0.3, -0.25) is 9.51 Å². The molecule has 2 heterocycles. The van der Waals surface area contributed by atoms with Crippen LogP contribution in [0.1, 0.15) is 16.8 Å². The number of aryl methyl sites for hydroxylation is 1. The predicted molar refractivity (Wildman–Crippen MR) is 86.0 cm³/mol. The van der Waals surface area contributed by atoms with E-state index in [0.717, 1.165) is 0 Å². The molecule has 7 N–H and O–H groups in total. The highest BCUT2D eigenvalue weighted by Gasteiger charge is 2.44. The van der Waals surface area contributed by atoms with Gasteiger partial charge in [-0.05, 0) is 6.92 Å². The van der Waals surface area contributed by atoms with Crippen molar-refractivity contribution < 1.29 is 53.9 Å². The minimum atomic E-state index is -4.76. The summed E-state index contributed by atoms with van der Waals surface area (Å²) in [6.45, 7) is -0.123. The summed E-state index contributed by atoms with van der Waals surface area (Å²) in [5.74, 6) is -0.314. The molecule has 0 spiro atoms. The molecule has 13 heteroatoms. The molecule has 1 fully saturated rings. The van der Waals surface area contributed by atoms with Gasteiger partial charge in [-0.15, -0.1) is 0 Å². The SMILES string of the molecule is Cc1ncc(COP(=O)(O)O)c(CO[C@H]2O[C@H](CO)[C@@H](O)[C@H](O)[C@H]2O)c1O. The quantitative estimate of drug-likeness (QED) is 0.244. The van der Waals surface area contributed by atoms with Crippen molar-refractivity contribution in [2.24, 2.45) is 0 Å².